The van der Waals surface area contributed by atoms with E-state index in [-0.39, 0.29) is 30.1 Å². The fraction of sp³-hybridized carbons (Fsp3) is 0.353. The van der Waals surface area contributed by atoms with Crippen LogP contribution in [0.3, 0.4) is 0 Å². The number of nitrogens with one attached hydrogen (secondary N) is 1. The van der Waals surface area contributed by atoms with E-state index in [2.05, 4.69) is 10.3 Å². The number of halogens is 1. The average molecular weight is 348 g/mol. The Morgan fingerprint density at radius 2 is 1.96 bits per heavy atom. The van der Waals surface area contributed by atoms with Crippen LogP contribution in [0.2, 0.25) is 0 Å². The lowest BCUT2D eigenvalue weighted by Crippen LogP contribution is -2.35. The van der Waals surface area contributed by atoms with Gasteiger partial charge in [-0.15, -0.1) is 11.3 Å². The van der Waals surface area contributed by atoms with E-state index in [9.17, 15) is 14.0 Å². The van der Waals surface area contributed by atoms with Crippen molar-refractivity contribution in [1.82, 2.24) is 10.3 Å². The number of amides is 1. The fourth-order valence-electron chi connectivity index (χ4n) is 2.64. The van der Waals surface area contributed by atoms with Crippen molar-refractivity contribution in [1.29, 1.82) is 0 Å². The second kappa shape index (κ2) is 7.53. The Hall–Kier alpha value is -2.28. The van der Waals surface area contributed by atoms with Crippen LogP contribution >= 0.6 is 11.3 Å². The Morgan fingerprint density at radius 3 is 2.67 bits per heavy atom. The molecular formula is C17H17FN2O3S. The van der Waals surface area contributed by atoms with E-state index >= 15 is 0 Å². The van der Waals surface area contributed by atoms with E-state index < -0.39 is 5.97 Å². The number of aromatic nitrogens is 1. The van der Waals surface area contributed by atoms with Crippen molar-refractivity contribution in [2.24, 2.45) is 0 Å². The van der Waals surface area contributed by atoms with Gasteiger partial charge < -0.3 is 10.1 Å². The van der Waals surface area contributed by atoms with Gasteiger partial charge in [0.25, 0.3) is 5.91 Å². The van der Waals surface area contributed by atoms with E-state index in [1.54, 1.807) is 17.5 Å². The number of rotatable bonds is 5. The largest absolute Gasteiger partial charge is 0.451 e. The number of thiazole rings is 1. The smallest absolute Gasteiger partial charge is 0.358 e. The number of ether oxygens (including phenoxy) is 1. The molecule has 1 aromatic heterocycles. The Bertz CT molecular complexity index is 724. The van der Waals surface area contributed by atoms with Crippen molar-refractivity contribution in [3.8, 4) is 10.6 Å². The summed E-state index contributed by atoms with van der Waals surface area (Å²) in [5.41, 5.74) is 0.868. The maximum Gasteiger partial charge on any atom is 0.358 e. The molecule has 1 fully saturated rings. The highest BCUT2D eigenvalue weighted by Crippen LogP contribution is 2.24. The first-order valence-electron chi connectivity index (χ1n) is 7.80. The summed E-state index contributed by atoms with van der Waals surface area (Å²) in [7, 11) is 0. The highest BCUT2D eigenvalue weighted by Gasteiger charge is 2.19. The molecule has 0 spiro atoms. The summed E-state index contributed by atoms with van der Waals surface area (Å²) in [5, 5.41) is 5.01. The topological polar surface area (TPSA) is 68.3 Å². The zero-order chi connectivity index (χ0) is 16.9. The second-order valence-electron chi connectivity index (χ2n) is 5.67. The Balaban J connectivity index is 1.53. The van der Waals surface area contributed by atoms with Gasteiger partial charge in [-0.3, -0.25) is 4.79 Å². The molecule has 0 saturated heterocycles. The molecule has 0 unspecified atom stereocenters. The first kappa shape index (κ1) is 16.6. The minimum Gasteiger partial charge on any atom is -0.451 e. The predicted molar refractivity (Wildman–Crippen MR) is 88.2 cm³/mol. The monoisotopic (exact) mass is 348 g/mol. The summed E-state index contributed by atoms with van der Waals surface area (Å²) in [4.78, 5) is 27.9. The van der Waals surface area contributed by atoms with Gasteiger partial charge in [0.2, 0.25) is 0 Å². The number of esters is 1. The van der Waals surface area contributed by atoms with Crippen LogP contribution in [-0.4, -0.2) is 29.5 Å². The van der Waals surface area contributed by atoms with Gasteiger partial charge in [0.1, 0.15) is 10.8 Å². The van der Waals surface area contributed by atoms with Gasteiger partial charge in [0.15, 0.2) is 12.3 Å². The van der Waals surface area contributed by atoms with Crippen LogP contribution in [0.1, 0.15) is 36.2 Å². The molecule has 1 amide bonds. The molecule has 3 rings (SSSR count). The van der Waals surface area contributed by atoms with Crippen LogP contribution in [-0.2, 0) is 9.53 Å². The predicted octanol–water partition coefficient (Wildman–Crippen LogP) is 3.16. The highest BCUT2D eigenvalue weighted by atomic mass is 32.1. The fourth-order valence-corrected chi connectivity index (χ4v) is 3.43. The molecule has 126 valence electrons. The van der Waals surface area contributed by atoms with Gasteiger partial charge in [0, 0.05) is 17.0 Å². The van der Waals surface area contributed by atoms with Crippen LogP contribution in [0.25, 0.3) is 10.6 Å². The van der Waals surface area contributed by atoms with Crippen molar-refractivity contribution in [2.75, 3.05) is 6.61 Å². The molecule has 1 saturated carbocycles. The molecule has 0 atom stereocenters. The maximum atomic E-state index is 12.9. The lowest BCUT2D eigenvalue weighted by Gasteiger charge is -2.11. The minimum atomic E-state index is -0.638. The standard InChI is InChI=1S/C17H17FN2O3S/c18-12-7-5-11(6-8-12)16-20-14(10-24-16)17(22)23-9-15(21)19-13-3-1-2-4-13/h5-8,10,13H,1-4,9H2,(H,19,21). The highest BCUT2D eigenvalue weighted by molar-refractivity contribution is 7.13. The van der Waals surface area contributed by atoms with Crippen LogP contribution in [0.4, 0.5) is 4.39 Å². The van der Waals surface area contributed by atoms with Gasteiger partial charge in [-0.1, -0.05) is 12.8 Å². The second-order valence-corrected chi connectivity index (χ2v) is 6.53. The summed E-state index contributed by atoms with van der Waals surface area (Å²) >= 11 is 1.26. The Kier molecular flexibility index (Phi) is 5.20. The molecule has 0 radical (unpaired) electrons. The number of hydrogen-bond donors (Lipinski definition) is 1. The summed E-state index contributed by atoms with van der Waals surface area (Å²) < 4.78 is 17.9. The van der Waals surface area contributed by atoms with Crippen LogP contribution in [0.5, 0.6) is 0 Å². The third-order valence-corrected chi connectivity index (χ3v) is 4.75. The zero-order valence-electron chi connectivity index (χ0n) is 13.0. The van der Waals surface area contributed by atoms with Crippen molar-refractivity contribution < 1.29 is 18.7 Å². The molecule has 2 aromatic rings. The van der Waals surface area contributed by atoms with E-state index in [1.807, 2.05) is 0 Å². The number of nitrogens with zero attached hydrogens (tertiary/aromatic N) is 1. The molecule has 0 bridgehead atoms. The van der Waals surface area contributed by atoms with Crippen molar-refractivity contribution in [3.05, 3.63) is 41.2 Å². The molecule has 1 N–H and O–H groups in total. The van der Waals surface area contributed by atoms with Crippen LogP contribution in [0, 0.1) is 5.82 Å². The summed E-state index contributed by atoms with van der Waals surface area (Å²) in [6.45, 7) is -0.307. The van der Waals surface area contributed by atoms with Crippen molar-refractivity contribution in [3.63, 3.8) is 0 Å². The molecule has 24 heavy (non-hydrogen) atoms. The molecule has 1 heterocycles. The summed E-state index contributed by atoms with van der Waals surface area (Å²) in [5.74, 6) is -1.26. The third kappa shape index (κ3) is 4.17. The summed E-state index contributed by atoms with van der Waals surface area (Å²) in [6.07, 6.45) is 4.20. The molecule has 1 aliphatic rings. The average Bonchev–Trinajstić information content (AvgIpc) is 3.25. The third-order valence-electron chi connectivity index (χ3n) is 3.86. The molecule has 1 aromatic carbocycles. The Morgan fingerprint density at radius 1 is 1.25 bits per heavy atom. The van der Waals surface area contributed by atoms with Crippen LogP contribution < -0.4 is 5.32 Å². The van der Waals surface area contributed by atoms with Crippen molar-refractivity contribution >= 4 is 23.2 Å². The quantitative estimate of drug-likeness (QED) is 0.843. The minimum absolute atomic E-state index is 0.146. The van der Waals surface area contributed by atoms with Gasteiger partial charge in [-0.2, -0.15) is 0 Å². The number of carbonyl (C=O) groups is 2. The number of benzene rings is 1. The molecular weight excluding hydrogens is 331 g/mol. The van der Waals surface area contributed by atoms with E-state index in [0.29, 0.717) is 5.01 Å². The van der Waals surface area contributed by atoms with E-state index in [4.69, 9.17) is 4.74 Å². The lowest BCUT2D eigenvalue weighted by molar-refractivity contribution is -0.124. The van der Waals surface area contributed by atoms with Gasteiger partial charge >= 0.3 is 5.97 Å². The molecule has 7 heteroatoms. The first-order valence-corrected chi connectivity index (χ1v) is 8.68. The SMILES string of the molecule is O=C(COC(=O)c1csc(-c2ccc(F)cc2)n1)NC1CCCC1. The van der Waals surface area contributed by atoms with Gasteiger partial charge in [0.05, 0.1) is 0 Å². The van der Waals surface area contributed by atoms with E-state index in [1.165, 1.54) is 23.5 Å². The van der Waals surface area contributed by atoms with E-state index in [0.717, 1.165) is 31.2 Å². The van der Waals surface area contributed by atoms with Gasteiger partial charge in [-0.05, 0) is 37.1 Å². The normalized spacial score (nSPS) is 14.5. The first-order chi connectivity index (χ1) is 11.6. The number of carbonyl (C=O) groups excluding carboxylic acids is 2. The zero-order valence-corrected chi connectivity index (χ0v) is 13.8. The number of hydrogen-bond acceptors (Lipinski definition) is 5. The Labute approximate surface area is 142 Å². The molecule has 0 aliphatic heterocycles. The molecule has 1 aliphatic carbocycles. The lowest BCUT2D eigenvalue weighted by atomic mass is 10.2. The summed E-state index contributed by atoms with van der Waals surface area (Å²) in [6, 6.07) is 6.06. The molecule has 5 nitrogen and oxygen atoms in total. The van der Waals surface area contributed by atoms with Crippen molar-refractivity contribution in [2.45, 2.75) is 31.7 Å². The van der Waals surface area contributed by atoms with Gasteiger partial charge in [-0.25, -0.2) is 14.2 Å². The van der Waals surface area contributed by atoms with Crippen LogP contribution in [0.15, 0.2) is 29.6 Å². The maximum absolute atomic E-state index is 12.9.